The molecule has 0 spiro atoms. The molecule has 112 valence electrons. The molecule has 0 radical (unpaired) electrons. The van der Waals surface area contributed by atoms with Crippen molar-refractivity contribution in [2.75, 3.05) is 30.9 Å². The number of hydrogen-bond donors (Lipinski definition) is 1. The minimum Gasteiger partial charge on any atom is -0.443 e. The summed E-state index contributed by atoms with van der Waals surface area (Å²) in [6, 6.07) is 4.96. The first-order valence-corrected chi connectivity index (χ1v) is 6.66. The Morgan fingerprint density at radius 1 is 1.35 bits per heavy atom. The van der Waals surface area contributed by atoms with Crippen molar-refractivity contribution >= 4 is 29.1 Å². The zero-order valence-corrected chi connectivity index (χ0v) is 13.0. The fourth-order valence-electron chi connectivity index (χ4n) is 1.58. The lowest BCUT2D eigenvalue weighted by molar-refractivity contribution is 0.0569. The zero-order chi connectivity index (χ0) is 15.3. The van der Waals surface area contributed by atoms with Gasteiger partial charge >= 0.3 is 6.09 Å². The third-order valence-electron chi connectivity index (χ3n) is 2.35. The lowest BCUT2D eigenvalue weighted by atomic mass is 10.2. The molecular formula is C14H21ClN2O3. The number of halogens is 1. The van der Waals surface area contributed by atoms with Gasteiger partial charge in [-0.1, -0.05) is 11.6 Å². The van der Waals surface area contributed by atoms with E-state index in [9.17, 15) is 4.79 Å². The summed E-state index contributed by atoms with van der Waals surface area (Å²) < 4.78 is 10.4. The SMILES string of the molecule is COCCN(C(=O)OC(C)(C)C)c1cc(N)cc(Cl)c1. The Labute approximate surface area is 124 Å². The third kappa shape index (κ3) is 5.27. The number of carbonyl (C=O) groups excluding carboxylic acids is 1. The lowest BCUT2D eigenvalue weighted by Gasteiger charge is -2.27. The van der Waals surface area contributed by atoms with Crippen LogP contribution in [0.25, 0.3) is 0 Å². The van der Waals surface area contributed by atoms with Crippen molar-refractivity contribution in [3.63, 3.8) is 0 Å². The molecule has 20 heavy (non-hydrogen) atoms. The van der Waals surface area contributed by atoms with Gasteiger partial charge in [0.25, 0.3) is 0 Å². The highest BCUT2D eigenvalue weighted by Gasteiger charge is 2.23. The van der Waals surface area contributed by atoms with Gasteiger partial charge < -0.3 is 15.2 Å². The molecule has 0 aliphatic carbocycles. The normalized spacial score (nSPS) is 11.2. The van der Waals surface area contributed by atoms with E-state index >= 15 is 0 Å². The van der Waals surface area contributed by atoms with Crippen molar-refractivity contribution in [3.05, 3.63) is 23.2 Å². The minimum absolute atomic E-state index is 0.352. The standard InChI is InChI=1S/C14H21ClN2O3/c1-14(2,3)20-13(18)17(5-6-19-4)12-8-10(15)7-11(16)9-12/h7-9H,5-6,16H2,1-4H3. The second kappa shape index (κ2) is 6.81. The van der Waals surface area contributed by atoms with Crippen LogP contribution in [-0.4, -0.2) is 32.0 Å². The van der Waals surface area contributed by atoms with Gasteiger partial charge in [-0.25, -0.2) is 4.79 Å². The van der Waals surface area contributed by atoms with Crippen LogP contribution in [0.1, 0.15) is 20.8 Å². The molecule has 1 amide bonds. The summed E-state index contributed by atoms with van der Waals surface area (Å²) in [7, 11) is 1.57. The van der Waals surface area contributed by atoms with E-state index in [2.05, 4.69) is 0 Å². The Morgan fingerprint density at radius 2 is 2.00 bits per heavy atom. The number of rotatable bonds is 4. The summed E-state index contributed by atoms with van der Waals surface area (Å²) in [5.41, 5.74) is 6.25. The summed E-state index contributed by atoms with van der Waals surface area (Å²) >= 11 is 5.98. The van der Waals surface area contributed by atoms with E-state index in [0.717, 1.165) is 0 Å². The molecule has 0 saturated carbocycles. The number of nitrogens with zero attached hydrogens (tertiary/aromatic N) is 1. The number of benzene rings is 1. The van der Waals surface area contributed by atoms with Gasteiger partial charge in [-0.15, -0.1) is 0 Å². The van der Waals surface area contributed by atoms with Crippen LogP contribution in [-0.2, 0) is 9.47 Å². The Kier molecular flexibility index (Phi) is 5.65. The summed E-state index contributed by atoms with van der Waals surface area (Å²) in [5.74, 6) is 0. The Balaban J connectivity index is 3.01. The highest BCUT2D eigenvalue weighted by Crippen LogP contribution is 2.25. The first-order valence-electron chi connectivity index (χ1n) is 6.28. The maximum atomic E-state index is 12.3. The maximum absolute atomic E-state index is 12.3. The van der Waals surface area contributed by atoms with Crippen LogP contribution in [0, 0.1) is 0 Å². The molecule has 1 rings (SSSR count). The van der Waals surface area contributed by atoms with E-state index in [1.165, 1.54) is 4.90 Å². The van der Waals surface area contributed by atoms with Gasteiger partial charge in [-0.3, -0.25) is 4.90 Å². The van der Waals surface area contributed by atoms with Crippen LogP contribution in [0.3, 0.4) is 0 Å². The van der Waals surface area contributed by atoms with Gasteiger partial charge in [0.15, 0.2) is 0 Å². The fraction of sp³-hybridized carbons (Fsp3) is 0.500. The van der Waals surface area contributed by atoms with Crippen molar-refractivity contribution in [2.24, 2.45) is 0 Å². The van der Waals surface area contributed by atoms with Gasteiger partial charge in [0.05, 0.1) is 18.8 Å². The average molecular weight is 301 g/mol. The number of methoxy groups -OCH3 is 1. The van der Waals surface area contributed by atoms with Crippen LogP contribution in [0.15, 0.2) is 18.2 Å². The third-order valence-corrected chi connectivity index (χ3v) is 2.57. The monoisotopic (exact) mass is 300 g/mol. The van der Waals surface area contributed by atoms with Crippen molar-refractivity contribution < 1.29 is 14.3 Å². The second-order valence-electron chi connectivity index (χ2n) is 5.37. The number of carbonyl (C=O) groups is 1. The fourth-order valence-corrected chi connectivity index (χ4v) is 1.82. The molecule has 0 heterocycles. The molecular weight excluding hydrogens is 280 g/mol. The van der Waals surface area contributed by atoms with E-state index < -0.39 is 11.7 Å². The summed E-state index contributed by atoms with van der Waals surface area (Å²) in [4.78, 5) is 13.7. The average Bonchev–Trinajstić information content (AvgIpc) is 2.25. The van der Waals surface area contributed by atoms with Gasteiger partial charge in [0.2, 0.25) is 0 Å². The summed E-state index contributed by atoms with van der Waals surface area (Å²) in [5, 5.41) is 0.464. The topological polar surface area (TPSA) is 64.8 Å². The first-order chi connectivity index (χ1) is 9.23. The Bertz CT molecular complexity index is 452. The number of hydrogen-bond acceptors (Lipinski definition) is 4. The highest BCUT2D eigenvalue weighted by molar-refractivity contribution is 6.31. The quantitative estimate of drug-likeness (QED) is 0.866. The van der Waals surface area contributed by atoms with Crippen molar-refractivity contribution in [1.82, 2.24) is 0 Å². The molecule has 1 aromatic carbocycles. The molecule has 5 nitrogen and oxygen atoms in total. The van der Waals surface area contributed by atoms with Crippen molar-refractivity contribution in [2.45, 2.75) is 26.4 Å². The van der Waals surface area contributed by atoms with Crippen molar-refractivity contribution in [1.29, 1.82) is 0 Å². The number of nitrogens with two attached hydrogens (primary N) is 1. The van der Waals surface area contributed by atoms with E-state index in [1.54, 1.807) is 25.3 Å². The van der Waals surface area contributed by atoms with Gasteiger partial charge in [0.1, 0.15) is 5.60 Å². The molecule has 1 aromatic rings. The summed E-state index contributed by atoms with van der Waals surface area (Å²) in [6.45, 7) is 6.17. The van der Waals surface area contributed by atoms with Crippen LogP contribution >= 0.6 is 11.6 Å². The summed E-state index contributed by atoms with van der Waals surface area (Å²) in [6.07, 6.45) is -0.462. The van der Waals surface area contributed by atoms with Crippen molar-refractivity contribution in [3.8, 4) is 0 Å². The molecule has 0 saturated heterocycles. The van der Waals surface area contributed by atoms with Gasteiger partial charge in [-0.2, -0.15) is 0 Å². The molecule has 6 heteroatoms. The predicted octanol–water partition coefficient (Wildman–Crippen LogP) is 3.31. The molecule has 0 aromatic heterocycles. The maximum Gasteiger partial charge on any atom is 0.414 e. The van der Waals surface area contributed by atoms with E-state index in [4.69, 9.17) is 26.8 Å². The lowest BCUT2D eigenvalue weighted by Crippen LogP contribution is -2.38. The minimum atomic E-state index is -0.577. The van der Waals surface area contributed by atoms with Crippen LogP contribution in [0.2, 0.25) is 5.02 Å². The highest BCUT2D eigenvalue weighted by atomic mass is 35.5. The molecule has 0 atom stereocenters. The number of amides is 1. The van der Waals surface area contributed by atoms with E-state index in [0.29, 0.717) is 29.5 Å². The second-order valence-corrected chi connectivity index (χ2v) is 5.80. The van der Waals surface area contributed by atoms with Gasteiger partial charge in [0, 0.05) is 17.8 Å². The number of nitrogen functional groups attached to an aromatic ring is 1. The Hall–Kier alpha value is -1.46. The molecule has 0 aliphatic heterocycles. The van der Waals surface area contributed by atoms with Crippen LogP contribution < -0.4 is 10.6 Å². The zero-order valence-electron chi connectivity index (χ0n) is 12.3. The van der Waals surface area contributed by atoms with Gasteiger partial charge in [-0.05, 0) is 39.0 Å². The van der Waals surface area contributed by atoms with E-state index in [-0.39, 0.29) is 0 Å². The number of ether oxygens (including phenoxy) is 2. The van der Waals surface area contributed by atoms with E-state index in [1.807, 2.05) is 20.8 Å². The predicted molar refractivity (Wildman–Crippen MR) is 81.3 cm³/mol. The first kappa shape index (κ1) is 16.6. The molecule has 0 aliphatic rings. The van der Waals surface area contributed by atoms with Crippen LogP contribution in [0.5, 0.6) is 0 Å². The molecule has 0 unspecified atom stereocenters. The molecule has 0 fully saturated rings. The van der Waals surface area contributed by atoms with Crippen LogP contribution in [0.4, 0.5) is 16.2 Å². The largest absolute Gasteiger partial charge is 0.443 e. The smallest absolute Gasteiger partial charge is 0.414 e. The molecule has 0 bridgehead atoms. The number of anilines is 2. The Morgan fingerprint density at radius 3 is 2.50 bits per heavy atom. The molecule has 2 N–H and O–H groups in total.